The molecule has 0 aromatic heterocycles. The van der Waals surface area contributed by atoms with E-state index in [0.717, 1.165) is 14.9 Å². The van der Waals surface area contributed by atoms with E-state index in [1.54, 1.807) is 30.0 Å². The Labute approximate surface area is 142 Å². The minimum atomic E-state index is 0.589. The van der Waals surface area contributed by atoms with Crippen molar-refractivity contribution in [3.63, 3.8) is 0 Å². The summed E-state index contributed by atoms with van der Waals surface area (Å²) in [6.45, 7) is 0. The monoisotopic (exact) mass is 370 g/mol. The molecule has 0 aliphatic carbocycles. The predicted octanol–water partition coefficient (Wildman–Crippen LogP) is 7.00. The summed E-state index contributed by atoms with van der Waals surface area (Å²) in [7, 11) is 0. The van der Waals surface area contributed by atoms with E-state index in [-0.39, 0.29) is 0 Å². The van der Waals surface area contributed by atoms with Gasteiger partial charge in [0.25, 0.3) is 0 Å². The summed E-state index contributed by atoms with van der Waals surface area (Å²) in [5, 5.41) is 2.62. The van der Waals surface area contributed by atoms with Crippen LogP contribution in [0.1, 0.15) is 0 Å². The molecule has 2 rings (SSSR count). The van der Waals surface area contributed by atoms with Gasteiger partial charge in [0.1, 0.15) is 0 Å². The zero-order chi connectivity index (χ0) is 14.4. The van der Waals surface area contributed by atoms with E-state index in [2.05, 4.69) is 12.6 Å². The molecule has 0 radical (unpaired) electrons. The van der Waals surface area contributed by atoms with Crippen LogP contribution in [0.5, 0.6) is 0 Å². The van der Waals surface area contributed by atoms with Crippen molar-refractivity contribution in [2.75, 3.05) is 6.26 Å². The smallest absolute Gasteiger partial charge is 0.0556 e. The van der Waals surface area contributed by atoms with Gasteiger partial charge in [0.05, 0.1) is 20.1 Å². The van der Waals surface area contributed by atoms with Gasteiger partial charge in [-0.05, 0) is 30.5 Å². The quantitative estimate of drug-likeness (QED) is 0.416. The van der Waals surface area contributed by atoms with E-state index in [1.165, 1.54) is 0 Å². The summed E-state index contributed by atoms with van der Waals surface area (Å²) < 4.78 is 0. The molecule has 0 amide bonds. The highest BCUT2D eigenvalue weighted by atomic mass is 35.5. The zero-order valence-corrected chi connectivity index (χ0v) is 14.6. The minimum absolute atomic E-state index is 0.589. The maximum absolute atomic E-state index is 5.82. The molecule has 2 aromatic rings. The first-order valence-electron chi connectivity index (χ1n) is 5.08. The second-order valence-electron chi connectivity index (χ2n) is 3.33. The average Bonchev–Trinajstić information content (AvgIpc) is 2.37. The van der Waals surface area contributed by atoms with Crippen molar-refractivity contribution in [2.45, 2.75) is 9.79 Å². The SMILES string of the molecule is CSc1c(Cl)cccc1Cl.Sc1c(Cl)cccc1Cl. The Hall–Kier alpha value is 0.300. The molecule has 0 saturated carbocycles. The van der Waals surface area contributed by atoms with E-state index in [0.29, 0.717) is 14.9 Å². The fraction of sp³-hybridized carbons (Fsp3) is 0.0769. The zero-order valence-electron chi connectivity index (χ0n) is 9.83. The number of rotatable bonds is 1. The van der Waals surface area contributed by atoms with Crippen molar-refractivity contribution >= 4 is 70.8 Å². The Bertz CT molecular complexity index is 518. The standard InChI is InChI=1S/C7H6Cl2S.C6H4Cl2S/c1-10-7-5(8)3-2-4-6(7)9;7-4-2-1-3-5(8)6(4)9/h2-4H,1H3;1-3,9H. The van der Waals surface area contributed by atoms with E-state index < -0.39 is 0 Å². The van der Waals surface area contributed by atoms with Gasteiger partial charge >= 0.3 is 0 Å². The lowest BCUT2D eigenvalue weighted by Crippen LogP contribution is -1.73. The summed E-state index contributed by atoms with van der Waals surface area (Å²) >= 11 is 28.6. The van der Waals surface area contributed by atoms with Crippen LogP contribution in [0.15, 0.2) is 46.2 Å². The molecule has 2 aromatic carbocycles. The molecule has 0 atom stereocenters. The van der Waals surface area contributed by atoms with Crippen molar-refractivity contribution < 1.29 is 0 Å². The largest absolute Gasteiger partial charge is 0.140 e. The highest BCUT2D eigenvalue weighted by molar-refractivity contribution is 7.98. The van der Waals surface area contributed by atoms with Crippen LogP contribution in [-0.4, -0.2) is 6.26 Å². The second kappa shape index (κ2) is 8.56. The summed E-state index contributed by atoms with van der Waals surface area (Å²) in [6, 6.07) is 10.8. The number of benzene rings is 2. The normalized spacial score (nSPS) is 9.79. The molecule has 19 heavy (non-hydrogen) atoms. The third-order valence-corrected chi connectivity index (χ3v) is 5.14. The molecular weight excluding hydrogens is 362 g/mol. The highest BCUT2D eigenvalue weighted by Gasteiger charge is 2.01. The van der Waals surface area contributed by atoms with Gasteiger partial charge in [-0.25, -0.2) is 0 Å². The number of halogens is 4. The lowest BCUT2D eigenvalue weighted by atomic mass is 10.4. The molecule has 0 spiro atoms. The number of hydrogen-bond donors (Lipinski definition) is 1. The van der Waals surface area contributed by atoms with Crippen LogP contribution in [0, 0.1) is 0 Å². The van der Waals surface area contributed by atoms with Crippen molar-refractivity contribution in [3.8, 4) is 0 Å². The topological polar surface area (TPSA) is 0 Å². The van der Waals surface area contributed by atoms with Crippen molar-refractivity contribution in [1.29, 1.82) is 0 Å². The Morgan fingerprint density at radius 2 is 1.16 bits per heavy atom. The van der Waals surface area contributed by atoms with Crippen LogP contribution < -0.4 is 0 Å². The highest BCUT2D eigenvalue weighted by Crippen LogP contribution is 2.31. The summed E-state index contributed by atoms with van der Waals surface area (Å²) in [5.74, 6) is 0. The Morgan fingerprint density at radius 1 is 0.789 bits per heavy atom. The van der Waals surface area contributed by atoms with Crippen molar-refractivity contribution in [2.24, 2.45) is 0 Å². The van der Waals surface area contributed by atoms with Gasteiger partial charge in [-0.1, -0.05) is 58.5 Å². The van der Waals surface area contributed by atoms with Gasteiger partial charge in [-0.3, -0.25) is 0 Å². The molecule has 0 heterocycles. The number of thioether (sulfide) groups is 1. The molecule has 6 heteroatoms. The van der Waals surface area contributed by atoms with Gasteiger partial charge in [0.15, 0.2) is 0 Å². The summed E-state index contributed by atoms with van der Waals surface area (Å²) in [5.41, 5.74) is 0. The fourth-order valence-electron chi connectivity index (χ4n) is 1.17. The lowest BCUT2D eigenvalue weighted by Gasteiger charge is -2.00. The molecule has 0 aliphatic heterocycles. The van der Waals surface area contributed by atoms with Gasteiger partial charge < -0.3 is 0 Å². The van der Waals surface area contributed by atoms with Gasteiger partial charge in [0, 0.05) is 9.79 Å². The minimum Gasteiger partial charge on any atom is -0.140 e. The Morgan fingerprint density at radius 3 is 1.42 bits per heavy atom. The van der Waals surface area contributed by atoms with Crippen LogP contribution in [-0.2, 0) is 0 Å². The molecule has 0 fully saturated rings. The van der Waals surface area contributed by atoms with Gasteiger partial charge in [0.2, 0.25) is 0 Å². The maximum Gasteiger partial charge on any atom is 0.0556 e. The lowest BCUT2D eigenvalue weighted by molar-refractivity contribution is 1.47. The van der Waals surface area contributed by atoms with E-state index >= 15 is 0 Å². The van der Waals surface area contributed by atoms with Crippen LogP contribution in [0.25, 0.3) is 0 Å². The molecule has 0 N–H and O–H groups in total. The molecule has 0 saturated heterocycles. The van der Waals surface area contributed by atoms with Crippen LogP contribution in [0.2, 0.25) is 20.1 Å². The maximum atomic E-state index is 5.82. The van der Waals surface area contributed by atoms with Crippen LogP contribution >= 0.6 is 70.8 Å². The third kappa shape index (κ3) is 5.30. The van der Waals surface area contributed by atoms with E-state index in [1.807, 2.05) is 24.5 Å². The van der Waals surface area contributed by atoms with Gasteiger partial charge in [-0.2, -0.15) is 0 Å². The van der Waals surface area contributed by atoms with Crippen LogP contribution in [0.4, 0.5) is 0 Å². The Kier molecular flexibility index (Phi) is 7.81. The molecular formula is C13H10Cl4S2. The van der Waals surface area contributed by atoms with Crippen LogP contribution in [0.3, 0.4) is 0 Å². The Balaban J connectivity index is 0.000000191. The second-order valence-corrected chi connectivity index (χ2v) is 6.22. The summed E-state index contributed by atoms with van der Waals surface area (Å²) in [4.78, 5) is 1.59. The third-order valence-electron chi connectivity index (χ3n) is 2.06. The first kappa shape index (κ1) is 17.4. The molecule has 0 unspecified atom stereocenters. The molecule has 0 nitrogen and oxygen atoms in total. The number of thiol groups is 1. The fourth-order valence-corrected chi connectivity index (χ4v) is 3.10. The van der Waals surface area contributed by atoms with Crippen molar-refractivity contribution in [1.82, 2.24) is 0 Å². The molecule has 0 bridgehead atoms. The van der Waals surface area contributed by atoms with Gasteiger partial charge in [-0.15, -0.1) is 24.4 Å². The summed E-state index contributed by atoms with van der Waals surface area (Å²) in [6.07, 6.45) is 1.95. The van der Waals surface area contributed by atoms with E-state index in [9.17, 15) is 0 Å². The molecule has 0 aliphatic rings. The molecule has 102 valence electrons. The number of hydrogen-bond acceptors (Lipinski definition) is 2. The van der Waals surface area contributed by atoms with Crippen molar-refractivity contribution in [3.05, 3.63) is 56.5 Å². The first-order valence-corrected chi connectivity index (χ1v) is 8.26. The van der Waals surface area contributed by atoms with E-state index in [4.69, 9.17) is 46.4 Å². The first-order chi connectivity index (χ1) is 8.97. The average molecular weight is 372 g/mol. The predicted molar refractivity (Wildman–Crippen MR) is 92.0 cm³/mol.